The second-order valence-corrected chi connectivity index (χ2v) is 11.0. The number of benzene rings is 2. The minimum Gasteiger partial charge on any atom is -0.368 e. The number of likely N-dealkylation sites (N-methyl/N-ethyl adjacent to an activating group) is 1. The third kappa shape index (κ3) is 5.77. The summed E-state index contributed by atoms with van der Waals surface area (Å²) in [5.41, 5.74) is 0.731. The molecule has 1 amide bonds. The van der Waals surface area contributed by atoms with E-state index in [0.717, 1.165) is 19.2 Å². The summed E-state index contributed by atoms with van der Waals surface area (Å²) in [5.74, 6) is -0.368. The van der Waals surface area contributed by atoms with Gasteiger partial charge in [-0.2, -0.15) is 0 Å². The molecule has 0 radical (unpaired) electrons. The van der Waals surface area contributed by atoms with Crippen LogP contribution in [0.4, 0.5) is 11.4 Å². The molecule has 0 atom stereocenters. The molecule has 0 saturated carbocycles. The highest BCUT2D eigenvalue weighted by molar-refractivity contribution is 7.92. The summed E-state index contributed by atoms with van der Waals surface area (Å²) in [6.45, 7) is 4.15. The summed E-state index contributed by atoms with van der Waals surface area (Å²) in [6.07, 6.45) is 0. The van der Waals surface area contributed by atoms with E-state index in [1.54, 1.807) is 18.2 Å². The number of anilines is 2. The van der Waals surface area contributed by atoms with E-state index in [-0.39, 0.29) is 26.4 Å². The Hall–Kier alpha value is -2.22. The van der Waals surface area contributed by atoms with Crippen LogP contribution in [0.2, 0.25) is 5.02 Å². The van der Waals surface area contributed by atoms with E-state index in [0.29, 0.717) is 18.8 Å². The van der Waals surface area contributed by atoms with Gasteiger partial charge in [-0.05, 0) is 37.4 Å². The molecule has 1 aliphatic heterocycles. The van der Waals surface area contributed by atoms with Gasteiger partial charge in [0.05, 0.1) is 21.3 Å². The van der Waals surface area contributed by atoms with E-state index >= 15 is 0 Å². The van der Waals surface area contributed by atoms with Crippen molar-refractivity contribution in [1.82, 2.24) is 14.6 Å². The molecule has 174 valence electrons. The van der Waals surface area contributed by atoms with Crippen molar-refractivity contribution >= 4 is 48.9 Å². The molecule has 3 rings (SSSR count). The molecule has 0 aliphatic carbocycles. The quantitative estimate of drug-likeness (QED) is 0.487. The lowest BCUT2D eigenvalue weighted by Gasteiger charge is -2.34. The Morgan fingerprint density at radius 1 is 0.938 bits per heavy atom. The third-order valence-corrected chi connectivity index (χ3v) is 7.85. The summed E-state index contributed by atoms with van der Waals surface area (Å²) in [4.78, 5) is 18.8. The average Bonchev–Trinajstić information content (AvgIpc) is 2.74. The molecule has 32 heavy (non-hydrogen) atoms. The van der Waals surface area contributed by atoms with Gasteiger partial charge in [0.15, 0.2) is 0 Å². The molecule has 1 saturated heterocycles. The fourth-order valence-electron chi connectivity index (χ4n) is 3.17. The van der Waals surface area contributed by atoms with Crippen molar-refractivity contribution in [3.8, 4) is 0 Å². The van der Waals surface area contributed by atoms with Crippen molar-refractivity contribution in [2.24, 2.45) is 0 Å². The van der Waals surface area contributed by atoms with E-state index in [4.69, 9.17) is 11.6 Å². The van der Waals surface area contributed by atoms with Gasteiger partial charge < -0.3 is 15.1 Å². The topological polar surface area (TPSA) is 128 Å². The number of piperazine rings is 1. The van der Waals surface area contributed by atoms with Gasteiger partial charge in [0, 0.05) is 33.1 Å². The number of nitrogens with one attached hydrogen (secondary N) is 3. The van der Waals surface area contributed by atoms with E-state index in [9.17, 15) is 21.6 Å². The lowest BCUT2D eigenvalue weighted by Crippen LogP contribution is -2.46. The van der Waals surface area contributed by atoms with Gasteiger partial charge in [-0.3, -0.25) is 4.79 Å². The van der Waals surface area contributed by atoms with Gasteiger partial charge in [-0.25, -0.2) is 16.8 Å². The number of hydrogen-bond donors (Lipinski definition) is 3. The zero-order chi connectivity index (χ0) is 23.5. The monoisotopic (exact) mass is 501 g/mol. The highest BCUT2D eigenvalue weighted by Gasteiger charge is 2.26. The molecule has 2 aromatic carbocycles. The second kappa shape index (κ2) is 9.73. The Bertz CT molecular complexity index is 1210. The molecule has 0 aromatic heterocycles. The molecule has 3 N–H and O–H groups in total. The Kier molecular flexibility index (Phi) is 7.43. The Balaban J connectivity index is 1.79. The first-order chi connectivity index (χ1) is 15.0. The predicted molar refractivity (Wildman–Crippen MR) is 123 cm³/mol. The molecule has 13 heteroatoms. The number of sulfonamides is 2. The Labute approximate surface area is 192 Å². The molecule has 2 aromatic rings. The van der Waals surface area contributed by atoms with Crippen LogP contribution in [0.5, 0.6) is 0 Å². The van der Waals surface area contributed by atoms with Crippen LogP contribution in [-0.4, -0.2) is 60.9 Å². The van der Waals surface area contributed by atoms with Crippen LogP contribution in [0.3, 0.4) is 0 Å². The number of amides is 1. The molecule has 1 aliphatic rings. The lowest BCUT2D eigenvalue weighted by molar-refractivity contribution is -0.114. The number of halogens is 1. The smallest absolute Gasteiger partial charge is 0.256 e. The first-order valence-electron chi connectivity index (χ1n) is 9.63. The maximum absolute atomic E-state index is 12.9. The van der Waals surface area contributed by atoms with E-state index in [1.165, 1.54) is 25.1 Å². The number of carbonyl (C=O) groups excluding carboxylic acids is 1. The Morgan fingerprint density at radius 3 is 2.19 bits per heavy atom. The predicted octanol–water partition coefficient (Wildman–Crippen LogP) is 1.22. The van der Waals surface area contributed by atoms with Crippen molar-refractivity contribution < 1.29 is 21.6 Å². The highest BCUT2D eigenvalue weighted by Crippen LogP contribution is 2.27. The van der Waals surface area contributed by atoms with Gasteiger partial charge in [-0.15, -0.1) is 9.66 Å². The van der Waals surface area contributed by atoms with Crippen molar-refractivity contribution in [3.05, 3.63) is 47.5 Å². The fourth-order valence-corrected chi connectivity index (χ4v) is 5.82. The zero-order valence-corrected chi connectivity index (χ0v) is 19.9. The summed E-state index contributed by atoms with van der Waals surface area (Å²) in [5, 5.41) is 2.46. The number of rotatable bonds is 7. The number of carbonyl (C=O) groups is 1. The Morgan fingerprint density at radius 2 is 1.56 bits per heavy atom. The standard InChI is InChI=1S/C19H24ClN5O5S2/c1-14(26)21-17-8-7-15(13-16(17)20)31(27,28)22-23-32(29,30)19-6-4-3-5-18(19)25-11-9-24(2)10-12-25/h3-8,13,22-23H,9-12H2,1-2H3,(H,21,26). The van der Waals surface area contributed by atoms with Gasteiger partial charge in [0.25, 0.3) is 20.0 Å². The zero-order valence-electron chi connectivity index (χ0n) is 17.5. The lowest BCUT2D eigenvalue weighted by atomic mass is 10.2. The second-order valence-electron chi connectivity index (χ2n) is 7.29. The van der Waals surface area contributed by atoms with Crippen molar-refractivity contribution in [2.75, 3.05) is 43.4 Å². The van der Waals surface area contributed by atoms with Gasteiger partial charge in [-0.1, -0.05) is 23.7 Å². The molecule has 0 unspecified atom stereocenters. The molecular formula is C19H24ClN5O5S2. The first-order valence-corrected chi connectivity index (χ1v) is 13.0. The van der Waals surface area contributed by atoms with Crippen molar-refractivity contribution in [2.45, 2.75) is 16.7 Å². The van der Waals surface area contributed by atoms with Crippen molar-refractivity contribution in [1.29, 1.82) is 0 Å². The first kappa shape index (κ1) is 24.4. The minimum absolute atomic E-state index is 0.00801. The molecule has 10 nitrogen and oxygen atoms in total. The number of hydrazine groups is 1. The SMILES string of the molecule is CC(=O)Nc1ccc(S(=O)(=O)NNS(=O)(=O)c2ccccc2N2CCN(C)CC2)cc1Cl. The average molecular weight is 502 g/mol. The van der Waals surface area contributed by atoms with Crippen LogP contribution < -0.4 is 19.9 Å². The highest BCUT2D eigenvalue weighted by atomic mass is 35.5. The summed E-state index contributed by atoms with van der Waals surface area (Å²) < 4.78 is 51.1. The summed E-state index contributed by atoms with van der Waals surface area (Å²) >= 11 is 6.03. The molecule has 1 heterocycles. The number of nitrogens with zero attached hydrogens (tertiary/aromatic N) is 2. The largest absolute Gasteiger partial charge is 0.368 e. The maximum Gasteiger partial charge on any atom is 0.256 e. The fraction of sp³-hybridized carbons (Fsp3) is 0.316. The third-order valence-electron chi connectivity index (χ3n) is 4.87. The summed E-state index contributed by atoms with van der Waals surface area (Å²) in [7, 11) is -6.50. The molecule has 1 fully saturated rings. The number of para-hydroxylation sites is 1. The van der Waals surface area contributed by atoms with Crippen LogP contribution in [0.25, 0.3) is 0 Å². The van der Waals surface area contributed by atoms with E-state index in [1.807, 2.05) is 21.6 Å². The summed E-state index contributed by atoms with van der Waals surface area (Å²) in [6, 6.07) is 10.0. The van der Waals surface area contributed by atoms with E-state index < -0.39 is 20.0 Å². The molecular weight excluding hydrogens is 478 g/mol. The van der Waals surface area contributed by atoms with Crippen molar-refractivity contribution in [3.63, 3.8) is 0 Å². The minimum atomic E-state index is -4.27. The van der Waals surface area contributed by atoms with Crippen LogP contribution in [0, 0.1) is 0 Å². The van der Waals surface area contributed by atoms with Crippen LogP contribution in [-0.2, 0) is 24.8 Å². The van der Waals surface area contributed by atoms with Gasteiger partial charge in [0.1, 0.15) is 4.90 Å². The van der Waals surface area contributed by atoms with Crippen LogP contribution in [0.15, 0.2) is 52.3 Å². The van der Waals surface area contributed by atoms with E-state index in [2.05, 4.69) is 10.2 Å². The van der Waals surface area contributed by atoms with Gasteiger partial charge >= 0.3 is 0 Å². The van der Waals surface area contributed by atoms with Crippen LogP contribution >= 0.6 is 11.6 Å². The molecule has 0 spiro atoms. The number of hydrogen-bond acceptors (Lipinski definition) is 7. The maximum atomic E-state index is 12.9. The molecule has 0 bridgehead atoms. The normalized spacial score (nSPS) is 15.5. The van der Waals surface area contributed by atoms with Gasteiger partial charge in [0.2, 0.25) is 5.91 Å². The van der Waals surface area contributed by atoms with Crippen LogP contribution in [0.1, 0.15) is 6.92 Å².